The van der Waals surface area contributed by atoms with Crippen molar-refractivity contribution in [3.05, 3.63) is 90.0 Å². The third-order valence-corrected chi connectivity index (χ3v) is 7.70. The SMILES string of the molecule is O=C1O[C@]2(CCN(C(=O)C3(c4ccc(-c5cnc6ccccc6c5)nc4)CC3)C2)c2ccncc21. The van der Waals surface area contributed by atoms with Gasteiger partial charge in [-0.3, -0.25) is 19.7 Å². The maximum absolute atomic E-state index is 13.7. The maximum Gasteiger partial charge on any atom is 0.341 e. The predicted molar refractivity (Wildman–Crippen MR) is 128 cm³/mol. The van der Waals surface area contributed by atoms with Gasteiger partial charge >= 0.3 is 5.97 Å². The molecule has 5 heterocycles. The molecule has 7 heteroatoms. The lowest BCUT2D eigenvalue weighted by molar-refractivity contribution is -0.134. The quantitative estimate of drug-likeness (QED) is 0.428. The van der Waals surface area contributed by atoms with E-state index in [2.05, 4.69) is 16.0 Å². The molecular weight excluding hydrogens is 440 g/mol. The third-order valence-electron chi connectivity index (χ3n) is 7.70. The van der Waals surface area contributed by atoms with E-state index in [4.69, 9.17) is 9.72 Å². The zero-order valence-corrected chi connectivity index (χ0v) is 19.0. The van der Waals surface area contributed by atoms with Crippen LogP contribution in [0.15, 0.2) is 73.3 Å². The van der Waals surface area contributed by atoms with Crippen LogP contribution in [0.25, 0.3) is 22.2 Å². The van der Waals surface area contributed by atoms with Crippen molar-refractivity contribution in [1.29, 1.82) is 0 Å². The molecule has 0 N–H and O–H groups in total. The molecule has 2 fully saturated rings. The molecule has 172 valence electrons. The van der Waals surface area contributed by atoms with Crippen LogP contribution in [-0.2, 0) is 20.5 Å². The van der Waals surface area contributed by atoms with Gasteiger partial charge in [-0.05, 0) is 42.7 Å². The van der Waals surface area contributed by atoms with Gasteiger partial charge in [0, 0.05) is 54.3 Å². The Labute approximate surface area is 201 Å². The van der Waals surface area contributed by atoms with E-state index in [9.17, 15) is 9.59 Å². The Morgan fingerprint density at radius 2 is 1.86 bits per heavy atom. The molecule has 1 aliphatic carbocycles. The number of likely N-dealkylation sites (tertiary alicyclic amines) is 1. The van der Waals surface area contributed by atoms with E-state index in [0.29, 0.717) is 25.1 Å². The smallest absolute Gasteiger partial charge is 0.341 e. The van der Waals surface area contributed by atoms with Gasteiger partial charge in [-0.1, -0.05) is 24.3 Å². The number of amides is 1. The Kier molecular flexibility index (Phi) is 4.16. The number of pyridine rings is 3. The number of carbonyl (C=O) groups is 2. The molecule has 1 amide bonds. The molecule has 7 nitrogen and oxygen atoms in total. The highest BCUT2D eigenvalue weighted by Gasteiger charge is 2.58. The summed E-state index contributed by atoms with van der Waals surface area (Å²) in [7, 11) is 0. The molecule has 1 spiro atoms. The zero-order chi connectivity index (χ0) is 23.6. The number of hydrogen-bond donors (Lipinski definition) is 0. The van der Waals surface area contributed by atoms with Crippen molar-refractivity contribution in [1.82, 2.24) is 19.9 Å². The standard InChI is InChI=1S/C28H22N4O3/c33-25-21-16-29-11-7-22(21)28(35-25)10-12-32(17-28)26(34)27(8-9-27)20-5-6-24(31-15-20)19-13-18-3-1-2-4-23(18)30-14-19/h1-7,11,13-16H,8-10,12,17H2/t28-/m0/s1. The maximum atomic E-state index is 13.7. The predicted octanol–water partition coefficient (Wildman–Crippen LogP) is 4.02. The number of aromatic nitrogens is 3. The first kappa shape index (κ1) is 20.3. The van der Waals surface area contributed by atoms with Crippen molar-refractivity contribution in [2.75, 3.05) is 13.1 Å². The number of para-hydroxylation sites is 1. The van der Waals surface area contributed by atoms with Gasteiger partial charge in [-0.15, -0.1) is 0 Å². The van der Waals surface area contributed by atoms with Gasteiger partial charge in [0.2, 0.25) is 5.91 Å². The fourth-order valence-corrected chi connectivity index (χ4v) is 5.61. The van der Waals surface area contributed by atoms with Gasteiger partial charge in [0.05, 0.1) is 28.7 Å². The molecule has 35 heavy (non-hydrogen) atoms. The van der Waals surface area contributed by atoms with Crippen molar-refractivity contribution >= 4 is 22.8 Å². The Balaban J connectivity index is 1.14. The summed E-state index contributed by atoms with van der Waals surface area (Å²) >= 11 is 0. The molecule has 1 saturated heterocycles. The number of nitrogens with zero attached hydrogens (tertiary/aromatic N) is 4. The zero-order valence-electron chi connectivity index (χ0n) is 19.0. The van der Waals surface area contributed by atoms with E-state index in [0.717, 1.165) is 46.1 Å². The van der Waals surface area contributed by atoms with Gasteiger partial charge in [0.25, 0.3) is 0 Å². The first-order valence-corrected chi connectivity index (χ1v) is 11.9. The van der Waals surface area contributed by atoms with Crippen molar-refractivity contribution in [3.63, 3.8) is 0 Å². The molecule has 0 bridgehead atoms. The summed E-state index contributed by atoms with van der Waals surface area (Å²) in [5, 5.41) is 1.07. The lowest BCUT2D eigenvalue weighted by Crippen LogP contribution is -2.40. The molecule has 3 aliphatic rings. The lowest BCUT2D eigenvalue weighted by Gasteiger charge is -2.26. The normalized spacial score (nSPS) is 21.8. The molecular formula is C28H22N4O3. The Hall–Kier alpha value is -4.13. The monoisotopic (exact) mass is 462 g/mol. The van der Waals surface area contributed by atoms with Crippen molar-refractivity contribution in [2.24, 2.45) is 0 Å². The van der Waals surface area contributed by atoms with E-state index in [1.807, 2.05) is 59.8 Å². The van der Waals surface area contributed by atoms with E-state index in [1.165, 1.54) is 0 Å². The van der Waals surface area contributed by atoms with Crippen LogP contribution in [0.4, 0.5) is 0 Å². The van der Waals surface area contributed by atoms with E-state index in [-0.39, 0.29) is 11.9 Å². The summed E-state index contributed by atoms with van der Waals surface area (Å²) < 4.78 is 5.80. The van der Waals surface area contributed by atoms with Gasteiger partial charge in [0.15, 0.2) is 5.60 Å². The fourth-order valence-electron chi connectivity index (χ4n) is 5.61. The average molecular weight is 463 g/mol. The average Bonchev–Trinajstić information content (AvgIpc) is 3.54. The number of benzene rings is 1. The summed E-state index contributed by atoms with van der Waals surface area (Å²) in [4.78, 5) is 41.2. The molecule has 0 unspecified atom stereocenters. The van der Waals surface area contributed by atoms with E-state index >= 15 is 0 Å². The second-order valence-corrected chi connectivity index (χ2v) is 9.71. The highest BCUT2D eigenvalue weighted by atomic mass is 16.6. The number of esters is 1. The van der Waals surface area contributed by atoms with E-state index in [1.54, 1.807) is 12.4 Å². The topological polar surface area (TPSA) is 85.3 Å². The molecule has 1 saturated carbocycles. The minimum absolute atomic E-state index is 0.0925. The molecule has 4 aromatic rings. The van der Waals surface area contributed by atoms with Gasteiger partial charge in [0.1, 0.15) is 0 Å². The van der Waals surface area contributed by atoms with Crippen molar-refractivity contribution in [2.45, 2.75) is 30.3 Å². The Morgan fingerprint density at radius 3 is 2.69 bits per heavy atom. The number of fused-ring (bicyclic) bond motifs is 3. The Bertz CT molecular complexity index is 1510. The van der Waals surface area contributed by atoms with Crippen LogP contribution in [0.1, 0.15) is 40.7 Å². The van der Waals surface area contributed by atoms with E-state index < -0.39 is 11.0 Å². The largest absolute Gasteiger partial charge is 0.449 e. The van der Waals surface area contributed by atoms with Crippen LogP contribution >= 0.6 is 0 Å². The van der Waals surface area contributed by atoms with Crippen LogP contribution in [-0.4, -0.2) is 44.8 Å². The number of hydrogen-bond acceptors (Lipinski definition) is 6. The van der Waals surface area contributed by atoms with Crippen LogP contribution in [0.2, 0.25) is 0 Å². The van der Waals surface area contributed by atoms with Crippen LogP contribution in [0.5, 0.6) is 0 Å². The Morgan fingerprint density at radius 1 is 0.971 bits per heavy atom. The van der Waals surface area contributed by atoms with Crippen LogP contribution in [0.3, 0.4) is 0 Å². The highest BCUT2D eigenvalue weighted by molar-refractivity contribution is 5.95. The second-order valence-electron chi connectivity index (χ2n) is 9.71. The lowest BCUT2D eigenvalue weighted by atomic mass is 9.92. The number of carbonyl (C=O) groups excluding carboxylic acids is 2. The van der Waals surface area contributed by atoms with Gasteiger partial charge in [-0.25, -0.2) is 4.79 Å². The molecule has 1 atom stereocenters. The number of rotatable bonds is 3. The molecule has 0 radical (unpaired) electrons. The minimum Gasteiger partial charge on any atom is -0.449 e. The molecule has 3 aromatic heterocycles. The summed E-state index contributed by atoms with van der Waals surface area (Å²) in [6, 6.07) is 15.9. The second kappa shape index (κ2) is 7.18. The van der Waals surface area contributed by atoms with Gasteiger partial charge in [-0.2, -0.15) is 0 Å². The third kappa shape index (κ3) is 3.00. The molecule has 7 rings (SSSR count). The summed E-state index contributed by atoms with van der Waals surface area (Å²) in [6.07, 6.45) is 9.09. The van der Waals surface area contributed by atoms with Crippen LogP contribution < -0.4 is 0 Å². The van der Waals surface area contributed by atoms with Crippen molar-refractivity contribution < 1.29 is 14.3 Å². The van der Waals surface area contributed by atoms with Crippen LogP contribution in [0, 0.1) is 0 Å². The minimum atomic E-state index is -0.758. The summed E-state index contributed by atoms with van der Waals surface area (Å²) in [5.41, 5.74) is 3.72. The van der Waals surface area contributed by atoms with Crippen molar-refractivity contribution in [3.8, 4) is 11.3 Å². The molecule has 1 aromatic carbocycles. The summed E-state index contributed by atoms with van der Waals surface area (Å²) in [5.74, 6) is -0.263. The summed E-state index contributed by atoms with van der Waals surface area (Å²) in [6.45, 7) is 0.939. The highest BCUT2D eigenvalue weighted by Crippen LogP contribution is 2.52. The fraction of sp³-hybridized carbons (Fsp3) is 0.250. The first-order valence-electron chi connectivity index (χ1n) is 11.9. The van der Waals surface area contributed by atoms with Gasteiger partial charge < -0.3 is 9.64 Å². The number of ether oxygens (including phenoxy) is 1. The first-order chi connectivity index (χ1) is 17.1. The molecule has 2 aliphatic heterocycles.